The molecule has 1 amide bonds. The number of hydrogen-bond acceptors (Lipinski definition) is 3. The topological polar surface area (TPSA) is 66.8 Å². The number of nitrogens with zero attached hydrogens (tertiary/aromatic N) is 1. The van der Waals surface area contributed by atoms with Crippen molar-refractivity contribution in [2.24, 2.45) is 11.3 Å². The van der Waals surface area contributed by atoms with Crippen molar-refractivity contribution >= 4 is 11.9 Å². The number of likely N-dealkylation sites (tertiary alicyclic amines) is 1. The number of hydrogen-bond donors (Lipinski definition) is 1. The quantitative estimate of drug-likeness (QED) is 0.845. The maximum Gasteiger partial charge on any atom is 0.309 e. The first kappa shape index (κ1) is 16.3. The molecule has 2 aliphatic rings. The van der Waals surface area contributed by atoms with Crippen molar-refractivity contribution in [3.8, 4) is 0 Å². The summed E-state index contributed by atoms with van der Waals surface area (Å²) in [7, 11) is 0. The Kier molecular flexibility index (Phi) is 5.25. The molecule has 2 aliphatic heterocycles. The average molecular weight is 297 g/mol. The van der Waals surface area contributed by atoms with Crippen LogP contribution in [0.1, 0.15) is 52.4 Å². The normalized spacial score (nSPS) is 26.9. The first-order chi connectivity index (χ1) is 9.91. The van der Waals surface area contributed by atoms with Gasteiger partial charge in [-0.05, 0) is 51.9 Å². The molecule has 21 heavy (non-hydrogen) atoms. The average Bonchev–Trinajstić information content (AvgIpc) is 2.98. The summed E-state index contributed by atoms with van der Waals surface area (Å²) in [6.07, 6.45) is 5.49. The Labute approximate surface area is 126 Å². The molecule has 2 heterocycles. The van der Waals surface area contributed by atoms with E-state index in [1.807, 2.05) is 4.90 Å². The Balaban J connectivity index is 1.85. The maximum absolute atomic E-state index is 12.3. The molecule has 0 aliphatic carbocycles. The third-order valence-corrected chi connectivity index (χ3v) is 5.05. The summed E-state index contributed by atoms with van der Waals surface area (Å²) in [5.41, 5.74) is -0.770. The molecule has 0 bridgehead atoms. The number of carbonyl (C=O) groups excluding carboxylic acids is 1. The van der Waals surface area contributed by atoms with Crippen LogP contribution in [-0.2, 0) is 14.3 Å². The van der Waals surface area contributed by atoms with E-state index in [1.165, 1.54) is 0 Å². The lowest BCUT2D eigenvalue weighted by Gasteiger charge is -2.39. The van der Waals surface area contributed by atoms with E-state index < -0.39 is 11.4 Å². The largest absolute Gasteiger partial charge is 0.481 e. The summed E-state index contributed by atoms with van der Waals surface area (Å²) in [5, 5.41) is 9.35. The fraction of sp³-hybridized carbons (Fsp3) is 0.875. The molecule has 0 aromatic rings. The molecule has 2 atom stereocenters. The molecule has 0 aromatic heterocycles. The molecular formula is C16H27NO4. The summed E-state index contributed by atoms with van der Waals surface area (Å²) in [6.45, 7) is 5.68. The van der Waals surface area contributed by atoms with Crippen LogP contribution in [0.2, 0.25) is 0 Å². The number of ether oxygens (including phenoxy) is 1. The zero-order chi connectivity index (χ0) is 15.5. The van der Waals surface area contributed by atoms with E-state index in [1.54, 1.807) is 13.8 Å². The van der Waals surface area contributed by atoms with Crippen LogP contribution < -0.4 is 0 Å². The van der Waals surface area contributed by atoms with Crippen molar-refractivity contribution in [1.29, 1.82) is 0 Å². The van der Waals surface area contributed by atoms with Gasteiger partial charge in [-0.15, -0.1) is 0 Å². The fourth-order valence-corrected chi connectivity index (χ4v) is 3.28. The van der Waals surface area contributed by atoms with Gasteiger partial charge < -0.3 is 14.7 Å². The molecule has 5 nitrogen and oxygen atoms in total. The first-order valence-electron chi connectivity index (χ1n) is 8.04. The van der Waals surface area contributed by atoms with E-state index in [9.17, 15) is 14.7 Å². The van der Waals surface area contributed by atoms with Crippen LogP contribution in [-0.4, -0.2) is 47.7 Å². The zero-order valence-electron chi connectivity index (χ0n) is 13.1. The predicted molar refractivity (Wildman–Crippen MR) is 78.9 cm³/mol. The van der Waals surface area contributed by atoms with Crippen LogP contribution in [0.5, 0.6) is 0 Å². The number of carboxylic acids is 1. The second-order valence-electron chi connectivity index (χ2n) is 6.88. The molecule has 0 spiro atoms. The molecule has 0 saturated carbocycles. The molecular weight excluding hydrogens is 270 g/mol. The Morgan fingerprint density at radius 3 is 2.67 bits per heavy atom. The van der Waals surface area contributed by atoms with Gasteiger partial charge in [0, 0.05) is 26.1 Å². The molecule has 2 rings (SSSR count). The number of rotatable bonds is 5. The lowest BCUT2D eigenvalue weighted by Crippen LogP contribution is -2.46. The van der Waals surface area contributed by atoms with Crippen molar-refractivity contribution in [3.05, 3.63) is 0 Å². The molecule has 0 radical (unpaired) electrons. The number of carboxylic acid groups (broad SMARTS) is 1. The summed E-state index contributed by atoms with van der Waals surface area (Å²) in [6, 6.07) is 0. The fourth-order valence-electron chi connectivity index (χ4n) is 3.28. The van der Waals surface area contributed by atoms with Gasteiger partial charge in [-0.1, -0.05) is 0 Å². The lowest BCUT2D eigenvalue weighted by atomic mass is 9.74. The Hall–Kier alpha value is -1.10. The van der Waals surface area contributed by atoms with Crippen molar-refractivity contribution in [2.45, 2.75) is 58.5 Å². The molecule has 2 unspecified atom stereocenters. The van der Waals surface area contributed by atoms with Gasteiger partial charge in [-0.2, -0.15) is 0 Å². The van der Waals surface area contributed by atoms with Crippen molar-refractivity contribution in [2.75, 3.05) is 19.7 Å². The van der Waals surface area contributed by atoms with Gasteiger partial charge in [0.05, 0.1) is 11.5 Å². The summed E-state index contributed by atoms with van der Waals surface area (Å²) in [5.74, 6) is -0.590. The number of piperidine rings is 1. The SMILES string of the molecule is CC(C)(C(=O)O)C1CCCN(C(=O)CCC2CCCO2)C1. The molecule has 0 aromatic carbocycles. The van der Waals surface area contributed by atoms with Gasteiger partial charge >= 0.3 is 5.97 Å². The molecule has 120 valence electrons. The van der Waals surface area contributed by atoms with Crippen LogP contribution in [0.3, 0.4) is 0 Å². The van der Waals surface area contributed by atoms with Crippen LogP contribution in [0.15, 0.2) is 0 Å². The van der Waals surface area contributed by atoms with E-state index in [-0.39, 0.29) is 17.9 Å². The lowest BCUT2D eigenvalue weighted by molar-refractivity contribution is -0.153. The Bertz CT molecular complexity index is 388. The molecule has 1 N–H and O–H groups in total. The molecule has 5 heteroatoms. The highest BCUT2D eigenvalue weighted by molar-refractivity contribution is 5.77. The van der Waals surface area contributed by atoms with E-state index in [0.717, 1.165) is 45.3 Å². The zero-order valence-corrected chi connectivity index (χ0v) is 13.1. The second-order valence-corrected chi connectivity index (χ2v) is 6.88. The van der Waals surface area contributed by atoms with E-state index in [2.05, 4.69) is 0 Å². The van der Waals surface area contributed by atoms with Gasteiger partial charge in [0.1, 0.15) is 0 Å². The monoisotopic (exact) mass is 297 g/mol. The minimum Gasteiger partial charge on any atom is -0.481 e. The highest BCUT2D eigenvalue weighted by atomic mass is 16.5. The first-order valence-corrected chi connectivity index (χ1v) is 8.04. The van der Waals surface area contributed by atoms with E-state index >= 15 is 0 Å². The van der Waals surface area contributed by atoms with Gasteiger partial charge in [-0.25, -0.2) is 0 Å². The standard InChI is InChI=1S/C16H27NO4/c1-16(2,15(19)20)12-5-3-9-17(11-12)14(18)8-7-13-6-4-10-21-13/h12-13H,3-11H2,1-2H3,(H,19,20). The minimum absolute atomic E-state index is 0.0374. The van der Waals surface area contributed by atoms with Crippen LogP contribution in [0.4, 0.5) is 0 Å². The van der Waals surface area contributed by atoms with E-state index in [4.69, 9.17) is 4.74 Å². The number of aliphatic carboxylic acids is 1. The van der Waals surface area contributed by atoms with Gasteiger partial charge in [0.2, 0.25) is 5.91 Å². The maximum atomic E-state index is 12.3. The summed E-state index contributed by atoms with van der Waals surface area (Å²) in [4.78, 5) is 25.6. The van der Waals surface area contributed by atoms with Gasteiger partial charge in [0.25, 0.3) is 0 Å². The van der Waals surface area contributed by atoms with E-state index in [0.29, 0.717) is 13.0 Å². The minimum atomic E-state index is -0.777. The van der Waals surface area contributed by atoms with Crippen molar-refractivity contribution in [3.63, 3.8) is 0 Å². The van der Waals surface area contributed by atoms with Crippen LogP contribution in [0, 0.1) is 11.3 Å². The van der Waals surface area contributed by atoms with Gasteiger partial charge in [0.15, 0.2) is 0 Å². The third-order valence-electron chi connectivity index (χ3n) is 5.05. The molecule has 2 fully saturated rings. The van der Waals surface area contributed by atoms with Crippen molar-refractivity contribution < 1.29 is 19.4 Å². The Morgan fingerprint density at radius 1 is 1.29 bits per heavy atom. The van der Waals surface area contributed by atoms with Gasteiger partial charge in [-0.3, -0.25) is 9.59 Å². The van der Waals surface area contributed by atoms with Crippen molar-refractivity contribution in [1.82, 2.24) is 4.90 Å². The molecule has 2 saturated heterocycles. The van der Waals surface area contributed by atoms with Crippen LogP contribution >= 0.6 is 0 Å². The highest BCUT2D eigenvalue weighted by Crippen LogP contribution is 2.34. The summed E-state index contributed by atoms with van der Waals surface area (Å²) < 4.78 is 5.55. The smallest absolute Gasteiger partial charge is 0.309 e. The number of amides is 1. The Morgan fingerprint density at radius 2 is 2.05 bits per heavy atom. The highest BCUT2D eigenvalue weighted by Gasteiger charge is 2.39. The summed E-state index contributed by atoms with van der Waals surface area (Å²) >= 11 is 0. The second kappa shape index (κ2) is 6.77. The number of carbonyl (C=O) groups is 2. The van der Waals surface area contributed by atoms with Crippen LogP contribution in [0.25, 0.3) is 0 Å². The predicted octanol–water partition coefficient (Wildman–Crippen LogP) is 2.29. The third kappa shape index (κ3) is 3.96.